The molecule has 2 heterocycles. The second-order valence-corrected chi connectivity index (χ2v) is 5.44. The van der Waals surface area contributed by atoms with Crippen LogP contribution in [0.2, 0.25) is 0 Å². The number of likely N-dealkylation sites (tertiary alicyclic amines) is 1. The van der Waals surface area contributed by atoms with Crippen LogP contribution in [-0.4, -0.2) is 60.6 Å². The molecule has 2 aliphatic heterocycles. The number of amides is 3. The molecule has 0 aliphatic carbocycles. The van der Waals surface area contributed by atoms with Crippen molar-refractivity contribution >= 4 is 17.9 Å². The number of nitrogens with zero attached hydrogens (tertiary/aromatic N) is 2. The Morgan fingerprint density at radius 2 is 2.04 bits per heavy atom. The van der Waals surface area contributed by atoms with E-state index in [-0.39, 0.29) is 43.2 Å². The SMILES string of the molecule is O=C(COc1ccccc1F)N1CC(CN2C(=O)COC2=O)C1. The zero-order valence-corrected chi connectivity index (χ0v) is 12.2. The highest BCUT2D eigenvalue weighted by Gasteiger charge is 2.38. The zero-order valence-electron chi connectivity index (χ0n) is 12.2. The lowest BCUT2D eigenvalue weighted by atomic mass is 9.99. The van der Waals surface area contributed by atoms with Crippen LogP contribution < -0.4 is 4.74 Å². The third-order valence-corrected chi connectivity index (χ3v) is 3.78. The third kappa shape index (κ3) is 3.25. The third-order valence-electron chi connectivity index (χ3n) is 3.78. The van der Waals surface area contributed by atoms with Crippen LogP contribution in [0, 0.1) is 11.7 Å². The van der Waals surface area contributed by atoms with Crippen molar-refractivity contribution in [2.24, 2.45) is 5.92 Å². The molecule has 2 aliphatic rings. The van der Waals surface area contributed by atoms with Crippen molar-refractivity contribution in [3.8, 4) is 5.75 Å². The summed E-state index contributed by atoms with van der Waals surface area (Å²) in [4.78, 5) is 37.2. The van der Waals surface area contributed by atoms with Gasteiger partial charge in [-0.1, -0.05) is 12.1 Å². The molecule has 7 nitrogen and oxygen atoms in total. The Kier molecular flexibility index (Phi) is 4.14. The maximum absolute atomic E-state index is 13.4. The van der Waals surface area contributed by atoms with Gasteiger partial charge in [-0.05, 0) is 12.1 Å². The van der Waals surface area contributed by atoms with E-state index in [0.29, 0.717) is 13.1 Å². The molecule has 0 unspecified atom stereocenters. The molecular formula is C15H15FN2O5. The van der Waals surface area contributed by atoms with Crippen molar-refractivity contribution in [1.29, 1.82) is 0 Å². The van der Waals surface area contributed by atoms with Crippen molar-refractivity contribution in [2.75, 3.05) is 32.8 Å². The topological polar surface area (TPSA) is 76.2 Å². The first-order valence-electron chi connectivity index (χ1n) is 7.17. The molecule has 23 heavy (non-hydrogen) atoms. The molecule has 0 spiro atoms. The van der Waals surface area contributed by atoms with Gasteiger partial charge in [-0.15, -0.1) is 0 Å². The molecule has 1 aromatic carbocycles. The van der Waals surface area contributed by atoms with E-state index in [1.54, 1.807) is 6.07 Å². The molecule has 0 aromatic heterocycles. The van der Waals surface area contributed by atoms with Gasteiger partial charge >= 0.3 is 6.09 Å². The summed E-state index contributed by atoms with van der Waals surface area (Å²) in [7, 11) is 0. The van der Waals surface area contributed by atoms with Crippen LogP contribution in [-0.2, 0) is 14.3 Å². The first-order valence-corrected chi connectivity index (χ1v) is 7.17. The number of hydrogen-bond acceptors (Lipinski definition) is 5. The average molecular weight is 322 g/mol. The molecule has 0 bridgehead atoms. The van der Waals surface area contributed by atoms with Crippen LogP contribution in [0.3, 0.4) is 0 Å². The van der Waals surface area contributed by atoms with Crippen LogP contribution in [0.15, 0.2) is 24.3 Å². The molecule has 0 atom stereocenters. The van der Waals surface area contributed by atoms with E-state index in [9.17, 15) is 18.8 Å². The molecule has 0 saturated carbocycles. The molecule has 0 N–H and O–H groups in total. The zero-order chi connectivity index (χ0) is 16.4. The molecule has 3 amide bonds. The number of carbonyl (C=O) groups is 3. The summed E-state index contributed by atoms with van der Waals surface area (Å²) < 4.78 is 23.1. The normalized spacial score (nSPS) is 18.0. The molecule has 2 fully saturated rings. The van der Waals surface area contributed by atoms with Gasteiger partial charge < -0.3 is 14.4 Å². The van der Waals surface area contributed by atoms with E-state index >= 15 is 0 Å². The highest BCUT2D eigenvalue weighted by molar-refractivity contribution is 5.97. The molecule has 1 aromatic rings. The van der Waals surface area contributed by atoms with Crippen molar-refractivity contribution < 1.29 is 28.2 Å². The van der Waals surface area contributed by atoms with Gasteiger partial charge in [0.05, 0.1) is 0 Å². The Balaban J connectivity index is 1.42. The van der Waals surface area contributed by atoms with E-state index in [1.165, 1.54) is 23.1 Å². The Morgan fingerprint density at radius 3 is 2.70 bits per heavy atom. The fraction of sp³-hybridized carbons (Fsp3) is 0.400. The van der Waals surface area contributed by atoms with Gasteiger partial charge in [-0.3, -0.25) is 9.59 Å². The first kappa shape index (κ1) is 15.3. The molecular weight excluding hydrogens is 307 g/mol. The largest absolute Gasteiger partial charge is 0.481 e. The minimum absolute atomic E-state index is 0.0296. The van der Waals surface area contributed by atoms with E-state index in [4.69, 9.17) is 4.74 Å². The standard InChI is InChI=1S/C15H15FN2O5/c16-11-3-1-2-4-12(11)22-8-13(19)17-5-10(6-17)7-18-14(20)9-23-15(18)21/h1-4,10H,5-9H2. The molecule has 0 radical (unpaired) electrons. The summed E-state index contributed by atoms with van der Waals surface area (Å²) in [5.41, 5.74) is 0. The lowest BCUT2D eigenvalue weighted by molar-refractivity contribution is -0.140. The second kappa shape index (κ2) is 6.23. The predicted octanol–water partition coefficient (Wildman–Crippen LogP) is 0.642. The van der Waals surface area contributed by atoms with E-state index in [1.807, 2.05) is 0 Å². The number of carbonyl (C=O) groups excluding carboxylic acids is 3. The van der Waals surface area contributed by atoms with Crippen molar-refractivity contribution in [2.45, 2.75) is 0 Å². The fourth-order valence-corrected chi connectivity index (χ4v) is 2.50. The van der Waals surface area contributed by atoms with Gasteiger partial charge in [-0.2, -0.15) is 0 Å². The second-order valence-electron chi connectivity index (χ2n) is 5.44. The Morgan fingerprint density at radius 1 is 1.30 bits per heavy atom. The Labute approximate surface area is 131 Å². The smallest absolute Gasteiger partial charge is 0.417 e. The number of ether oxygens (including phenoxy) is 2. The van der Waals surface area contributed by atoms with E-state index in [2.05, 4.69) is 4.74 Å². The van der Waals surface area contributed by atoms with Crippen molar-refractivity contribution in [1.82, 2.24) is 9.80 Å². The highest BCUT2D eigenvalue weighted by atomic mass is 19.1. The Bertz CT molecular complexity index is 629. The number of imide groups is 1. The number of cyclic esters (lactones) is 1. The average Bonchev–Trinajstić information content (AvgIpc) is 2.80. The van der Waals surface area contributed by atoms with Crippen LogP contribution >= 0.6 is 0 Å². The van der Waals surface area contributed by atoms with Gasteiger partial charge in [0.1, 0.15) is 0 Å². The van der Waals surface area contributed by atoms with E-state index < -0.39 is 11.9 Å². The predicted molar refractivity (Wildman–Crippen MR) is 75.0 cm³/mol. The molecule has 122 valence electrons. The number of halogens is 1. The molecule has 2 saturated heterocycles. The quantitative estimate of drug-likeness (QED) is 0.795. The minimum atomic E-state index is -0.636. The van der Waals surface area contributed by atoms with Gasteiger partial charge in [0.25, 0.3) is 11.8 Å². The monoisotopic (exact) mass is 322 g/mol. The fourth-order valence-electron chi connectivity index (χ4n) is 2.50. The summed E-state index contributed by atoms with van der Waals surface area (Å²) in [6, 6.07) is 5.86. The molecule has 3 rings (SSSR count). The van der Waals surface area contributed by atoms with Crippen LogP contribution in [0.1, 0.15) is 0 Å². The van der Waals surface area contributed by atoms with Crippen molar-refractivity contribution in [3.05, 3.63) is 30.1 Å². The van der Waals surface area contributed by atoms with Crippen molar-refractivity contribution in [3.63, 3.8) is 0 Å². The minimum Gasteiger partial charge on any atom is -0.481 e. The maximum Gasteiger partial charge on any atom is 0.417 e. The van der Waals surface area contributed by atoms with Crippen LogP contribution in [0.5, 0.6) is 5.75 Å². The van der Waals surface area contributed by atoms with Crippen LogP contribution in [0.4, 0.5) is 9.18 Å². The van der Waals surface area contributed by atoms with Gasteiger partial charge in [0.15, 0.2) is 24.8 Å². The van der Waals surface area contributed by atoms with Crippen LogP contribution in [0.25, 0.3) is 0 Å². The lowest BCUT2D eigenvalue weighted by Crippen LogP contribution is -2.55. The summed E-state index contributed by atoms with van der Waals surface area (Å²) in [5, 5.41) is 0. The number of benzene rings is 1. The maximum atomic E-state index is 13.4. The highest BCUT2D eigenvalue weighted by Crippen LogP contribution is 2.20. The number of hydrogen-bond donors (Lipinski definition) is 0. The summed E-state index contributed by atoms with van der Waals surface area (Å²) >= 11 is 0. The van der Waals surface area contributed by atoms with Gasteiger partial charge in [-0.25, -0.2) is 14.1 Å². The van der Waals surface area contributed by atoms with Gasteiger partial charge in [0, 0.05) is 25.6 Å². The van der Waals surface area contributed by atoms with Gasteiger partial charge in [0.2, 0.25) is 0 Å². The molecule has 8 heteroatoms. The number of para-hydroxylation sites is 1. The lowest BCUT2D eigenvalue weighted by Gasteiger charge is -2.40. The Hall–Kier alpha value is -2.64. The summed E-state index contributed by atoms with van der Waals surface area (Å²) in [6.45, 7) is 0.631. The summed E-state index contributed by atoms with van der Waals surface area (Å²) in [5.74, 6) is -1.08. The summed E-state index contributed by atoms with van der Waals surface area (Å²) in [6.07, 6.45) is -0.636. The number of rotatable bonds is 5. The van der Waals surface area contributed by atoms with E-state index in [0.717, 1.165) is 4.90 Å². The first-order chi connectivity index (χ1) is 11.0.